The highest BCUT2D eigenvalue weighted by molar-refractivity contribution is 5.27. The zero-order chi connectivity index (χ0) is 19.3. The summed E-state index contributed by atoms with van der Waals surface area (Å²) in [5.41, 5.74) is 1.21. The number of morpholine rings is 1. The lowest BCUT2D eigenvalue weighted by atomic mass is 10.1. The summed E-state index contributed by atoms with van der Waals surface area (Å²) < 4.78 is 11.6. The molecule has 27 heavy (non-hydrogen) atoms. The second-order valence-corrected chi connectivity index (χ2v) is 8.53. The molecule has 0 spiro atoms. The van der Waals surface area contributed by atoms with Gasteiger partial charge in [0.05, 0.1) is 12.2 Å². The molecule has 1 N–H and O–H groups in total. The van der Waals surface area contributed by atoms with Crippen molar-refractivity contribution in [1.29, 1.82) is 0 Å². The van der Waals surface area contributed by atoms with Crippen molar-refractivity contribution >= 4 is 0 Å². The minimum absolute atomic E-state index is 0.0682. The smallest absolute Gasteiger partial charge is 0.119 e. The fourth-order valence-corrected chi connectivity index (χ4v) is 3.77. The third kappa shape index (κ3) is 6.73. The number of nitrogens with zero attached hydrogens (tertiary/aromatic N) is 3. The Hall–Kier alpha value is -1.18. The molecule has 2 aliphatic rings. The Morgan fingerprint density at radius 3 is 2.44 bits per heavy atom. The Kier molecular flexibility index (Phi) is 7.11. The average Bonchev–Trinajstić information content (AvgIpc) is 2.62. The van der Waals surface area contributed by atoms with Crippen molar-refractivity contribution in [2.75, 3.05) is 66.1 Å². The van der Waals surface area contributed by atoms with Crippen LogP contribution in [0.15, 0.2) is 24.3 Å². The Morgan fingerprint density at radius 1 is 1.07 bits per heavy atom. The lowest BCUT2D eigenvalue weighted by molar-refractivity contribution is -0.0882. The van der Waals surface area contributed by atoms with Gasteiger partial charge in [-0.25, -0.2) is 0 Å². The molecule has 2 fully saturated rings. The van der Waals surface area contributed by atoms with Crippen LogP contribution in [0, 0.1) is 0 Å². The molecule has 0 saturated carbocycles. The molecule has 0 amide bonds. The molecule has 1 aromatic carbocycles. The number of rotatable bonds is 7. The van der Waals surface area contributed by atoms with Gasteiger partial charge in [-0.05, 0) is 38.6 Å². The van der Waals surface area contributed by atoms with Crippen LogP contribution in [0.1, 0.15) is 19.4 Å². The van der Waals surface area contributed by atoms with Crippen molar-refractivity contribution in [3.05, 3.63) is 29.8 Å². The Morgan fingerprint density at radius 2 is 1.78 bits per heavy atom. The summed E-state index contributed by atoms with van der Waals surface area (Å²) in [6.45, 7) is 13.1. The molecule has 6 nitrogen and oxygen atoms in total. The van der Waals surface area contributed by atoms with Crippen LogP contribution in [0.25, 0.3) is 0 Å². The molecular formula is C21H35N3O3. The van der Waals surface area contributed by atoms with E-state index in [1.807, 2.05) is 12.1 Å². The number of ether oxygens (including phenoxy) is 2. The predicted molar refractivity (Wildman–Crippen MR) is 107 cm³/mol. The van der Waals surface area contributed by atoms with Gasteiger partial charge in [-0.2, -0.15) is 0 Å². The molecule has 6 heteroatoms. The van der Waals surface area contributed by atoms with E-state index >= 15 is 0 Å². The zero-order valence-electron chi connectivity index (χ0n) is 17.1. The second-order valence-electron chi connectivity index (χ2n) is 8.53. The van der Waals surface area contributed by atoms with E-state index in [1.54, 1.807) is 0 Å². The number of hydrogen-bond donors (Lipinski definition) is 1. The van der Waals surface area contributed by atoms with Crippen molar-refractivity contribution in [2.24, 2.45) is 0 Å². The molecule has 3 rings (SSSR count). The zero-order valence-corrected chi connectivity index (χ0v) is 17.1. The van der Waals surface area contributed by atoms with E-state index in [0.29, 0.717) is 13.2 Å². The number of hydrogen-bond acceptors (Lipinski definition) is 6. The number of aliphatic hydroxyl groups excluding tert-OH is 1. The summed E-state index contributed by atoms with van der Waals surface area (Å²) in [5, 5.41) is 10.2. The van der Waals surface area contributed by atoms with Crippen LogP contribution >= 0.6 is 0 Å². The highest BCUT2D eigenvalue weighted by atomic mass is 16.5. The quantitative estimate of drug-likeness (QED) is 0.773. The largest absolute Gasteiger partial charge is 0.491 e. The van der Waals surface area contributed by atoms with Crippen LogP contribution in [0.4, 0.5) is 0 Å². The first-order valence-corrected chi connectivity index (χ1v) is 10.1. The molecule has 2 saturated heterocycles. The second kappa shape index (κ2) is 9.34. The van der Waals surface area contributed by atoms with Crippen molar-refractivity contribution in [3.8, 4) is 5.75 Å². The average molecular weight is 378 g/mol. The molecule has 2 heterocycles. The summed E-state index contributed by atoms with van der Waals surface area (Å²) >= 11 is 0. The van der Waals surface area contributed by atoms with Gasteiger partial charge in [0.1, 0.15) is 18.5 Å². The van der Waals surface area contributed by atoms with Gasteiger partial charge in [-0.3, -0.25) is 9.80 Å². The number of benzene rings is 1. The van der Waals surface area contributed by atoms with Gasteiger partial charge in [0.15, 0.2) is 0 Å². The first-order chi connectivity index (χ1) is 12.9. The fourth-order valence-electron chi connectivity index (χ4n) is 3.77. The molecule has 152 valence electrons. The molecule has 0 aromatic heterocycles. The summed E-state index contributed by atoms with van der Waals surface area (Å²) in [7, 11) is 2.14. The van der Waals surface area contributed by atoms with E-state index < -0.39 is 6.10 Å². The molecule has 0 aliphatic carbocycles. The highest BCUT2D eigenvalue weighted by Gasteiger charge is 2.27. The topological polar surface area (TPSA) is 48.4 Å². The number of aliphatic hydroxyl groups is 1. The van der Waals surface area contributed by atoms with E-state index in [0.717, 1.165) is 58.2 Å². The summed E-state index contributed by atoms with van der Waals surface area (Å²) in [4.78, 5) is 7.05. The normalized spacial score (nSPS) is 23.3. The highest BCUT2D eigenvalue weighted by Crippen LogP contribution is 2.20. The lowest BCUT2D eigenvalue weighted by Gasteiger charge is -2.38. The van der Waals surface area contributed by atoms with Crippen molar-refractivity contribution in [3.63, 3.8) is 0 Å². The molecule has 0 bridgehead atoms. The Bertz CT molecular complexity index is 571. The first-order valence-electron chi connectivity index (χ1n) is 10.1. The van der Waals surface area contributed by atoms with Gasteiger partial charge in [0.25, 0.3) is 0 Å². The standard InChI is InChI=1S/C21H35N3O3/c1-21(2)17-24(12-13-27-21)14-18-4-6-20(7-5-18)26-16-19(25)15-23-10-8-22(3)9-11-23/h4-7,19,25H,8-17H2,1-3H3/t19-/m0/s1. The third-order valence-electron chi connectivity index (χ3n) is 5.34. The maximum absolute atomic E-state index is 10.2. The third-order valence-corrected chi connectivity index (χ3v) is 5.34. The van der Waals surface area contributed by atoms with Gasteiger partial charge in [-0.15, -0.1) is 0 Å². The van der Waals surface area contributed by atoms with Crippen LogP contribution in [0.5, 0.6) is 5.75 Å². The van der Waals surface area contributed by atoms with Crippen LogP contribution in [0.3, 0.4) is 0 Å². The van der Waals surface area contributed by atoms with Crippen molar-refractivity contribution in [1.82, 2.24) is 14.7 Å². The lowest BCUT2D eigenvalue weighted by Crippen LogP contribution is -2.47. The van der Waals surface area contributed by atoms with E-state index in [9.17, 15) is 5.11 Å². The first kappa shape index (κ1) is 20.6. The number of likely N-dealkylation sites (N-methyl/N-ethyl adjacent to an activating group) is 1. The van der Waals surface area contributed by atoms with Crippen LogP contribution < -0.4 is 4.74 Å². The van der Waals surface area contributed by atoms with Gasteiger partial charge in [0, 0.05) is 52.4 Å². The van der Waals surface area contributed by atoms with Crippen LogP contribution in [-0.2, 0) is 11.3 Å². The van der Waals surface area contributed by atoms with Gasteiger partial charge >= 0.3 is 0 Å². The van der Waals surface area contributed by atoms with E-state index in [-0.39, 0.29) is 5.60 Å². The van der Waals surface area contributed by atoms with E-state index in [4.69, 9.17) is 9.47 Å². The minimum atomic E-state index is -0.455. The minimum Gasteiger partial charge on any atom is -0.491 e. The monoisotopic (exact) mass is 377 g/mol. The van der Waals surface area contributed by atoms with Crippen molar-refractivity contribution in [2.45, 2.75) is 32.1 Å². The van der Waals surface area contributed by atoms with E-state index in [1.165, 1.54) is 5.56 Å². The molecule has 1 atom stereocenters. The number of β-amino-alcohol motifs (C(OH)–C–C–N with tert-alkyl or cyclic N) is 1. The molecule has 0 unspecified atom stereocenters. The molecular weight excluding hydrogens is 342 g/mol. The van der Waals surface area contributed by atoms with E-state index in [2.05, 4.69) is 47.7 Å². The maximum Gasteiger partial charge on any atom is 0.119 e. The van der Waals surface area contributed by atoms with Crippen molar-refractivity contribution < 1.29 is 14.6 Å². The predicted octanol–water partition coefficient (Wildman–Crippen LogP) is 1.28. The summed E-state index contributed by atoms with van der Waals surface area (Å²) in [6, 6.07) is 8.24. The molecule has 1 aromatic rings. The Balaban J connectivity index is 1.40. The molecule has 0 radical (unpaired) electrons. The summed E-state index contributed by atoms with van der Waals surface area (Å²) in [5.74, 6) is 0.818. The SMILES string of the molecule is CN1CCN(C[C@H](O)COc2ccc(CN3CCOC(C)(C)C3)cc2)CC1. The van der Waals surface area contributed by atoms with Crippen LogP contribution in [-0.4, -0.2) is 97.6 Å². The Labute approximate surface area is 163 Å². The van der Waals surface area contributed by atoms with Crippen LogP contribution in [0.2, 0.25) is 0 Å². The number of piperazine rings is 1. The summed E-state index contributed by atoms with van der Waals surface area (Å²) in [6.07, 6.45) is -0.455. The van der Waals surface area contributed by atoms with Gasteiger partial charge in [-0.1, -0.05) is 12.1 Å². The molecule has 2 aliphatic heterocycles. The fraction of sp³-hybridized carbons (Fsp3) is 0.714. The van der Waals surface area contributed by atoms with Gasteiger partial charge in [0.2, 0.25) is 0 Å². The van der Waals surface area contributed by atoms with Gasteiger partial charge < -0.3 is 19.5 Å². The maximum atomic E-state index is 10.2.